The third-order valence-corrected chi connectivity index (χ3v) is 7.49. The molecule has 2 aliphatic heterocycles. The number of nitrogens with one attached hydrogen (secondary N) is 1. The summed E-state index contributed by atoms with van der Waals surface area (Å²) < 4.78 is 9.71. The Morgan fingerprint density at radius 3 is 2.86 bits per heavy atom. The summed E-state index contributed by atoms with van der Waals surface area (Å²) in [5.41, 5.74) is 6.85. The van der Waals surface area contributed by atoms with Crippen LogP contribution in [0, 0.1) is 0 Å². The number of amides is 2. The van der Waals surface area contributed by atoms with Gasteiger partial charge in [-0.05, 0) is 17.7 Å². The first-order valence-corrected chi connectivity index (χ1v) is 12.9. The van der Waals surface area contributed by atoms with Gasteiger partial charge >= 0.3 is 5.97 Å². The van der Waals surface area contributed by atoms with E-state index in [0.29, 0.717) is 22.4 Å². The first kappa shape index (κ1) is 26.4. The number of aromatic nitrogens is 2. The Morgan fingerprint density at radius 2 is 2.24 bits per heavy atom. The van der Waals surface area contributed by atoms with Crippen molar-refractivity contribution in [3.05, 3.63) is 53.4 Å². The van der Waals surface area contributed by atoms with Gasteiger partial charge in [0.2, 0.25) is 11.5 Å². The van der Waals surface area contributed by atoms with Crippen LogP contribution in [-0.2, 0) is 25.8 Å². The highest BCUT2D eigenvalue weighted by molar-refractivity contribution is 8.00. The lowest BCUT2D eigenvalue weighted by Gasteiger charge is -2.49. The number of allylic oxidation sites excluding steroid dienone is 1. The predicted molar refractivity (Wildman–Crippen MR) is 136 cm³/mol. The van der Waals surface area contributed by atoms with Crippen molar-refractivity contribution in [1.29, 1.82) is 0 Å². The third-order valence-electron chi connectivity index (χ3n) is 5.65. The van der Waals surface area contributed by atoms with Crippen molar-refractivity contribution in [1.82, 2.24) is 19.6 Å². The van der Waals surface area contributed by atoms with Crippen LogP contribution in [0.4, 0.5) is 5.13 Å². The number of oxime groups is 1. The summed E-state index contributed by atoms with van der Waals surface area (Å²) in [7, 11) is 5.36. The van der Waals surface area contributed by atoms with E-state index < -0.39 is 29.2 Å². The highest BCUT2D eigenvalue weighted by Gasteiger charge is 2.54. The molecule has 0 bridgehead atoms. The number of hydrogen-bond acceptors (Lipinski definition) is 11. The van der Waals surface area contributed by atoms with E-state index in [1.807, 2.05) is 12.1 Å². The lowest BCUT2D eigenvalue weighted by Crippen LogP contribution is -2.71. The van der Waals surface area contributed by atoms with Crippen molar-refractivity contribution >= 4 is 51.9 Å². The van der Waals surface area contributed by atoms with E-state index in [-0.39, 0.29) is 22.4 Å². The van der Waals surface area contributed by atoms with Crippen LogP contribution < -0.4 is 11.1 Å². The molecule has 15 heteroatoms. The van der Waals surface area contributed by atoms with Gasteiger partial charge < -0.3 is 29.9 Å². The molecule has 2 atom stereocenters. The number of rotatable bonds is 10. The fourth-order valence-corrected chi connectivity index (χ4v) is 5.76. The maximum absolute atomic E-state index is 13.0. The van der Waals surface area contributed by atoms with Crippen molar-refractivity contribution in [2.75, 3.05) is 39.2 Å². The summed E-state index contributed by atoms with van der Waals surface area (Å²) in [4.78, 5) is 47.8. The number of aliphatic carboxylic acids is 1. The van der Waals surface area contributed by atoms with Crippen LogP contribution in [0.3, 0.4) is 0 Å². The number of carboxylic acid groups (broad SMARTS) is 1. The van der Waals surface area contributed by atoms with Crippen LogP contribution in [0.2, 0.25) is 0 Å². The number of β-lactam (4-membered cyclic amide) rings is 1. The van der Waals surface area contributed by atoms with Crippen molar-refractivity contribution in [2.24, 2.45) is 5.16 Å². The van der Waals surface area contributed by atoms with E-state index in [1.165, 1.54) is 23.8 Å². The fraction of sp³-hybridized carbons (Fsp3) is 0.364. The third kappa shape index (κ3) is 5.68. The minimum absolute atomic E-state index is 0.0329. The maximum Gasteiger partial charge on any atom is 0.352 e. The predicted octanol–water partition coefficient (Wildman–Crippen LogP) is 0.635. The van der Waals surface area contributed by atoms with Gasteiger partial charge in [-0.15, -0.1) is 11.8 Å². The minimum atomic E-state index is -1.21. The van der Waals surface area contributed by atoms with Gasteiger partial charge in [0.25, 0.3) is 11.8 Å². The van der Waals surface area contributed by atoms with Crippen LogP contribution in [0.15, 0.2) is 51.6 Å². The van der Waals surface area contributed by atoms with Gasteiger partial charge in [-0.25, -0.2) is 4.79 Å². The van der Waals surface area contributed by atoms with Gasteiger partial charge in [0.15, 0.2) is 5.13 Å². The molecule has 0 unspecified atom stereocenters. The molecule has 1 saturated heterocycles. The quantitative estimate of drug-likeness (QED) is 0.165. The molecule has 4 rings (SSSR count). The van der Waals surface area contributed by atoms with E-state index in [0.717, 1.165) is 23.6 Å². The standard InChI is InChI=1S/C22H25N7O6S2/c1-29(2,9-12-6-8-35-10-12)7-4-5-13-11-36-20-15(19(31)28(20)16(13)21(32)33)24-18(30)14(26-34-3)17-25-22(23)37-27-17/h4-6,8,10,15,20H,7,9,11H2,1-3H3,(H3-,23,24,25,27,30,32,33)/p+1/t15-,20+/m1/s1. The number of likely N-dealkylation sites (N-methyl/N-ethyl adjacent to an activating group) is 1. The summed E-state index contributed by atoms with van der Waals surface area (Å²) in [5.74, 6) is -2.15. The topological polar surface area (TPSA) is 173 Å². The van der Waals surface area contributed by atoms with Crippen molar-refractivity contribution < 1.29 is 33.2 Å². The molecule has 0 aliphatic carbocycles. The summed E-state index contributed by atoms with van der Waals surface area (Å²) >= 11 is 2.25. The van der Waals surface area contributed by atoms with E-state index in [2.05, 4.69) is 33.9 Å². The number of hydrogen-bond donors (Lipinski definition) is 3. The number of carbonyl (C=O) groups excluding carboxylic acids is 2. The molecule has 1 fully saturated rings. The lowest BCUT2D eigenvalue weighted by atomic mass is 10.0. The average Bonchev–Trinajstić information content (AvgIpc) is 3.51. The SMILES string of the molecule is CON=C(C(=O)N[C@@H]1C(=O)N2C(C(=O)O)=C(C=CC[N+](C)(C)Cc3ccoc3)CS[C@@H]12)c1nsc(N)n1. The number of quaternary nitrogens is 1. The molecule has 0 spiro atoms. The van der Waals surface area contributed by atoms with Crippen LogP contribution in [0.5, 0.6) is 0 Å². The monoisotopic (exact) mass is 548 g/mol. The summed E-state index contributed by atoms with van der Waals surface area (Å²) in [5, 5.41) is 15.7. The molecule has 2 aromatic heterocycles. The van der Waals surface area contributed by atoms with Gasteiger partial charge in [0, 0.05) is 22.8 Å². The molecule has 13 nitrogen and oxygen atoms in total. The zero-order chi connectivity index (χ0) is 26.7. The Hall–Kier alpha value is -3.69. The first-order valence-electron chi connectivity index (χ1n) is 11.0. The molecule has 2 aromatic rings. The highest BCUT2D eigenvalue weighted by Crippen LogP contribution is 2.40. The summed E-state index contributed by atoms with van der Waals surface area (Å²) in [6.07, 6.45) is 6.98. The van der Waals surface area contributed by atoms with Gasteiger partial charge in [-0.3, -0.25) is 14.5 Å². The second-order valence-electron chi connectivity index (χ2n) is 8.93. The number of furan rings is 1. The zero-order valence-electron chi connectivity index (χ0n) is 20.3. The Balaban J connectivity index is 1.46. The molecule has 2 amide bonds. The van der Waals surface area contributed by atoms with Gasteiger partial charge in [0.05, 0.1) is 33.2 Å². The molecule has 4 N–H and O–H groups in total. The first-order chi connectivity index (χ1) is 17.6. The average molecular weight is 549 g/mol. The number of fused-ring (bicyclic) bond motifs is 1. The zero-order valence-corrected chi connectivity index (χ0v) is 21.9. The van der Waals surface area contributed by atoms with Crippen LogP contribution >= 0.6 is 23.3 Å². The number of anilines is 1. The van der Waals surface area contributed by atoms with E-state index in [1.54, 1.807) is 18.6 Å². The molecular formula is C22H26N7O6S2+. The molecule has 2 aliphatic rings. The van der Waals surface area contributed by atoms with Gasteiger partial charge in [0.1, 0.15) is 30.8 Å². The number of nitrogens with zero attached hydrogens (tertiary/aromatic N) is 5. The highest BCUT2D eigenvalue weighted by atomic mass is 32.2. The molecule has 0 radical (unpaired) electrons. The molecular weight excluding hydrogens is 522 g/mol. The van der Waals surface area contributed by atoms with Crippen molar-refractivity contribution in [2.45, 2.75) is 18.0 Å². The van der Waals surface area contributed by atoms with Gasteiger partial charge in [-0.1, -0.05) is 11.2 Å². The Morgan fingerprint density at radius 1 is 1.46 bits per heavy atom. The Bertz CT molecular complexity index is 1280. The van der Waals surface area contributed by atoms with Crippen LogP contribution in [-0.4, -0.2) is 92.3 Å². The molecule has 196 valence electrons. The number of nitrogens with two attached hydrogens (primary N) is 1. The normalized spacial score (nSPS) is 20.1. The lowest BCUT2D eigenvalue weighted by molar-refractivity contribution is -0.897. The largest absolute Gasteiger partial charge is 0.477 e. The molecule has 0 saturated carbocycles. The second kappa shape index (κ2) is 10.7. The Kier molecular flexibility index (Phi) is 7.65. The van der Waals surface area contributed by atoms with E-state index in [9.17, 15) is 19.5 Å². The van der Waals surface area contributed by atoms with Crippen molar-refractivity contribution in [3.63, 3.8) is 0 Å². The number of thioether (sulfide) groups is 1. The molecule has 4 heterocycles. The minimum Gasteiger partial charge on any atom is -0.477 e. The van der Waals surface area contributed by atoms with Gasteiger partial charge in [-0.2, -0.15) is 9.36 Å². The molecule has 0 aromatic carbocycles. The van der Waals surface area contributed by atoms with E-state index >= 15 is 0 Å². The maximum atomic E-state index is 13.0. The molecule has 37 heavy (non-hydrogen) atoms. The summed E-state index contributed by atoms with van der Waals surface area (Å²) in [6.45, 7) is 1.38. The van der Waals surface area contributed by atoms with Crippen LogP contribution in [0.25, 0.3) is 0 Å². The Labute approximate surface area is 220 Å². The number of carboxylic acids is 1. The second-order valence-corrected chi connectivity index (χ2v) is 10.8. The smallest absolute Gasteiger partial charge is 0.352 e. The fourth-order valence-electron chi connectivity index (χ4n) is 4.01. The van der Waals surface area contributed by atoms with E-state index in [4.69, 9.17) is 15.0 Å². The van der Waals surface area contributed by atoms with Crippen molar-refractivity contribution in [3.8, 4) is 0 Å². The summed E-state index contributed by atoms with van der Waals surface area (Å²) in [6, 6.07) is 0.964. The number of carbonyl (C=O) groups is 3. The number of nitrogen functional groups attached to an aromatic ring is 1. The van der Waals surface area contributed by atoms with Crippen LogP contribution in [0.1, 0.15) is 11.4 Å².